The van der Waals surface area contributed by atoms with Crippen molar-refractivity contribution < 1.29 is 14.2 Å². The van der Waals surface area contributed by atoms with E-state index in [0.717, 1.165) is 17.8 Å². The van der Waals surface area contributed by atoms with E-state index in [0.29, 0.717) is 12.3 Å². The lowest BCUT2D eigenvalue weighted by molar-refractivity contribution is 0.406. The van der Waals surface area contributed by atoms with Gasteiger partial charge in [0, 0.05) is 30.4 Å². The van der Waals surface area contributed by atoms with Gasteiger partial charge in [-0.3, -0.25) is 0 Å². The molecule has 0 unspecified atom stereocenters. The highest BCUT2D eigenvalue weighted by molar-refractivity contribution is 5.49. The molecule has 2 rings (SSSR count). The zero-order valence-electron chi connectivity index (χ0n) is 11.6. The fraction of sp³-hybridized carbons (Fsp3) is 0.250. The summed E-state index contributed by atoms with van der Waals surface area (Å²) in [6.45, 7) is 3.33. The van der Waals surface area contributed by atoms with Crippen molar-refractivity contribution in [3.05, 3.63) is 53.8 Å². The second kappa shape index (κ2) is 6.28. The third kappa shape index (κ3) is 3.20. The van der Waals surface area contributed by atoms with Crippen LogP contribution in [0.25, 0.3) is 0 Å². The summed E-state index contributed by atoms with van der Waals surface area (Å²) in [5, 5.41) is 9.99. The highest BCUT2D eigenvalue weighted by Crippen LogP contribution is 2.26. The molecule has 0 amide bonds. The summed E-state index contributed by atoms with van der Waals surface area (Å²) >= 11 is 0. The van der Waals surface area contributed by atoms with Crippen molar-refractivity contribution >= 4 is 5.69 Å². The number of phenols is 1. The van der Waals surface area contributed by atoms with Crippen LogP contribution in [0.5, 0.6) is 11.5 Å². The number of halogens is 1. The van der Waals surface area contributed by atoms with E-state index < -0.39 is 0 Å². The average molecular weight is 275 g/mol. The molecule has 0 fully saturated rings. The molecule has 0 atom stereocenters. The van der Waals surface area contributed by atoms with Gasteiger partial charge in [-0.25, -0.2) is 4.39 Å². The molecule has 2 aromatic rings. The minimum absolute atomic E-state index is 0.199. The van der Waals surface area contributed by atoms with E-state index in [1.165, 1.54) is 12.1 Å². The summed E-state index contributed by atoms with van der Waals surface area (Å²) in [5.74, 6) is 0.568. The molecule has 2 aromatic carbocycles. The van der Waals surface area contributed by atoms with E-state index in [9.17, 15) is 9.50 Å². The molecule has 0 aliphatic carbocycles. The van der Waals surface area contributed by atoms with Crippen LogP contribution >= 0.6 is 0 Å². The number of benzene rings is 2. The highest BCUT2D eigenvalue weighted by Gasteiger charge is 2.09. The monoisotopic (exact) mass is 275 g/mol. The molecule has 0 saturated carbocycles. The topological polar surface area (TPSA) is 32.7 Å². The number of nitrogens with zero attached hydrogens (tertiary/aromatic N) is 1. The SMILES string of the molecule is CCN(Cc1ccc(OC)cc1O)c1ccc(F)cc1. The zero-order chi connectivity index (χ0) is 14.5. The molecular formula is C16H18FNO2. The third-order valence-corrected chi connectivity index (χ3v) is 3.23. The Balaban J connectivity index is 2.20. The first-order chi connectivity index (χ1) is 9.63. The predicted molar refractivity (Wildman–Crippen MR) is 77.8 cm³/mol. The van der Waals surface area contributed by atoms with Crippen LogP contribution in [-0.2, 0) is 6.54 Å². The normalized spacial score (nSPS) is 10.3. The van der Waals surface area contributed by atoms with Gasteiger partial charge in [0.15, 0.2) is 0 Å². The Hall–Kier alpha value is -2.23. The number of hydrogen-bond donors (Lipinski definition) is 1. The van der Waals surface area contributed by atoms with Gasteiger partial charge in [-0.15, -0.1) is 0 Å². The number of anilines is 1. The number of ether oxygens (including phenoxy) is 1. The van der Waals surface area contributed by atoms with Crippen molar-refractivity contribution in [2.24, 2.45) is 0 Å². The molecule has 0 heterocycles. The van der Waals surface area contributed by atoms with Gasteiger partial charge in [0.1, 0.15) is 17.3 Å². The molecule has 0 bridgehead atoms. The van der Waals surface area contributed by atoms with Crippen molar-refractivity contribution in [1.82, 2.24) is 0 Å². The first kappa shape index (κ1) is 14.2. The molecule has 1 N–H and O–H groups in total. The van der Waals surface area contributed by atoms with Crippen LogP contribution < -0.4 is 9.64 Å². The molecule has 0 aromatic heterocycles. The summed E-state index contributed by atoms with van der Waals surface area (Å²) in [6, 6.07) is 11.6. The Kier molecular flexibility index (Phi) is 4.45. The van der Waals surface area contributed by atoms with Crippen LogP contribution in [0.2, 0.25) is 0 Å². The maximum absolute atomic E-state index is 13.0. The lowest BCUT2D eigenvalue weighted by Crippen LogP contribution is -2.21. The number of rotatable bonds is 5. The van der Waals surface area contributed by atoms with E-state index >= 15 is 0 Å². The molecule has 0 aliphatic rings. The smallest absolute Gasteiger partial charge is 0.124 e. The van der Waals surface area contributed by atoms with Crippen LogP contribution in [0.1, 0.15) is 12.5 Å². The Labute approximate surface area is 118 Å². The van der Waals surface area contributed by atoms with Gasteiger partial charge in [0.2, 0.25) is 0 Å². The second-order valence-electron chi connectivity index (χ2n) is 4.49. The van der Waals surface area contributed by atoms with E-state index in [1.807, 2.05) is 19.1 Å². The fourth-order valence-corrected chi connectivity index (χ4v) is 2.05. The second-order valence-corrected chi connectivity index (χ2v) is 4.49. The first-order valence-electron chi connectivity index (χ1n) is 6.50. The van der Waals surface area contributed by atoms with Crippen LogP contribution in [-0.4, -0.2) is 18.8 Å². The summed E-state index contributed by atoms with van der Waals surface area (Å²) in [4.78, 5) is 2.06. The Morgan fingerprint density at radius 1 is 1.15 bits per heavy atom. The predicted octanol–water partition coefficient (Wildman–Crippen LogP) is 3.57. The lowest BCUT2D eigenvalue weighted by Gasteiger charge is -2.23. The van der Waals surface area contributed by atoms with Gasteiger partial charge >= 0.3 is 0 Å². The summed E-state index contributed by atoms with van der Waals surface area (Å²) in [6.07, 6.45) is 0. The summed E-state index contributed by atoms with van der Waals surface area (Å²) in [5.41, 5.74) is 1.72. The first-order valence-corrected chi connectivity index (χ1v) is 6.50. The van der Waals surface area contributed by atoms with Gasteiger partial charge in [0.05, 0.1) is 7.11 Å². The van der Waals surface area contributed by atoms with Gasteiger partial charge < -0.3 is 14.7 Å². The largest absolute Gasteiger partial charge is 0.507 e. The van der Waals surface area contributed by atoms with Crippen molar-refractivity contribution in [2.75, 3.05) is 18.6 Å². The number of aromatic hydroxyl groups is 1. The molecule has 20 heavy (non-hydrogen) atoms. The van der Waals surface area contributed by atoms with E-state index in [2.05, 4.69) is 4.90 Å². The molecule has 106 valence electrons. The maximum Gasteiger partial charge on any atom is 0.124 e. The molecule has 4 heteroatoms. The third-order valence-electron chi connectivity index (χ3n) is 3.23. The summed E-state index contributed by atoms with van der Waals surface area (Å²) < 4.78 is 18.0. The Bertz CT molecular complexity index is 569. The standard InChI is InChI=1S/C16H18FNO2/c1-3-18(14-7-5-13(17)6-8-14)11-12-4-9-15(20-2)10-16(12)19/h4-10,19H,3,11H2,1-2H3. The van der Waals surface area contributed by atoms with Crippen molar-refractivity contribution in [1.29, 1.82) is 0 Å². The van der Waals surface area contributed by atoms with Crippen molar-refractivity contribution in [3.8, 4) is 11.5 Å². The van der Waals surface area contributed by atoms with Gasteiger partial charge in [-0.05, 0) is 43.3 Å². The minimum Gasteiger partial charge on any atom is -0.507 e. The lowest BCUT2D eigenvalue weighted by atomic mass is 10.1. The fourth-order valence-electron chi connectivity index (χ4n) is 2.05. The molecule has 0 saturated heterocycles. The maximum atomic E-state index is 13.0. The van der Waals surface area contributed by atoms with Gasteiger partial charge in [-0.2, -0.15) is 0 Å². The molecule has 0 aliphatic heterocycles. The van der Waals surface area contributed by atoms with E-state index in [1.54, 1.807) is 25.3 Å². The zero-order valence-corrected chi connectivity index (χ0v) is 11.6. The van der Waals surface area contributed by atoms with Crippen LogP contribution in [0.15, 0.2) is 42.5 Å². The number of hydrogen-bond acceptors (Lipinski definition) is 3. The van der Waals surface area contributed by atoms with Crippen molar-refractivity contribution in [2.45, 2.75) is 13.5 Å². The Morgan fingerprint density at radius 2 is 1.85 bits per heavy atom. The molecule has 3 nitrogen and oxygen atoms in total. The van der Waals surface area contributed by atoms with Crippen LogP contribution in [0.3, 0.4) is 0 Å². The van der Waals surface area contributed by atoms with Gasteiger partial charge in [0.25, 0.3) is 0 Å². The number of methoxy groups -OCH3 is 1. The van der Waals surface area contributed by atoms with Gasteiger partial charge in [-0.1, -0.05) is 0 Å². The molecule has 0 spiro atoms. The quantitative estimate of drug-likeness (QED) is 0.905. The minimum atomic E-state index is -0.253. The highest BCUT2D eigenvalue weighted by atomic mass is 19.1. The average Bonchev–Trinajstić information content (AvgIpc) is 2.47. The van der Waals surface area contributed by atoms with Crippen LogP contribution in [0, 0.1) is 5.82 Å². The molecular weight excluding hydrogens is 257 g/mol. The van der Waals surface area contributed by atoms with Crippen molar-refractivity contribution in [3.63, 3.8) is 0 Å². The Morgan fingerprint density at radius 3 is 2.40 bits per heavy atom. The number of phenolic OH excluding ortho intramolecular Hbond substituents is 1. The molecule has 0 radical (unpaired) electrons. The van der Waals surface area contributed by atoms with E-state index in [4.69, 9.17) is 4.74 Å². The van der Waals surface area contributed by atoms with E-state index in [-0.39, 0.29) is 11.6 Å². The van der Waals surface area contributed by atoms with Crippen LogP contribution in [0.4, 0.5) is 10.1 Å². The summed E-state index contributed by atoms with van der Waals surface area (Å²) in [7, 11) is 1.56.